The second kappa shape index (κ2) is 10.2. The van der Waals surface area contributed by atoms with Crippen molar-refractivity contribution in [3.8, 4) is 11.5 Å². The van der Waals surface area contributed by atoms with Gasteiger partial charge in [0, 0.05) is 0 Å². The Labute approximate surface area is 178 Å². The zero-order valence-corrected chi connectivity index (χ0v) is 18.0. The highest BCUT2D eigenvalue weighted by Gasteiger charge is 2.13. The molecule has 0 spiro atoms. The summed E-state index contributed by atoms with van der Waals surface area (Å²) in [5.41, 5.74) is 1.79. The van der Waals surface area contributed by atoms with Gasteiger partial charge >= 0.3 is 0 Å². The summed E-state index contributed by atoms with van der Waals surface area (Å²) in [4.78, 5) is 12.6. The highest BCUT2D eigenvalue weighted by atomic mass is 79.9. The van der Waals surface area contributed by atoms with Gasteiger partial charge in [-0.25, -0.2) is 4.68 Å². The van der Waals surface area contributed by atoms with Crippen molar-refractivity contribution in [3.63, 3.8) is 0 Å². The van der Waals surface area contributed by atoms with Crippen LogP contribution in [0.1, 0.15) is 18.1 Å². The minimum Gasteiger partial charge on any atom is -0.497 e. The van der Waals surface area contributed by atoms with Gasteiger partial charge in [-0.2, -0.15) is 5.10 Å². The van der Waals surface area contributed by atoms with Gasteiger partial charge in [-0.15, -0.1) is 0 Å². The van der Waals surface area contributed by atoms with Crippen LogP contribution in [0.2, 0.25) is 0 Å². The summed E-state index contributed by atoms with van der Waals surface area (Å²) in [5, 5.41) is 4.23. The van der Waals surface area contributed by atoms with Gasteiger partial charge in [-0.05, 0) is 46.1 Å². The Balaban J connectivity index is 1.58. The van der Waals surface area contributed by atoms with E-state index in [0.29, 0.717) is 30.0 Å². The van der Waals surface area contributed by atoms with Crippen molar-refractivity contribution in [2.45, 2.75) is 26.2 Å². The van der Waals surface area contributed by atoms with Gasteiger partial charge in [0.2, 0.25) is 0 Å². The van der Waals surface area contributed by atoms with Crippen LogP contribution in [0.4, 0.5) is 0 Å². The van der Waals surface area contributed by atoms with Crippen molar-refractivity contribution < 1.29 is 14.2 Å². The second-order valence-corrected chi connectivity index (χ2v) is 7.36. The topological polar surface area (TPSA) is 62.6 Å². The number of aromatic nitrogens is 2. The lowest BCUT2D eigenvalue weighted by atomic mass is 10.2. The molecule has 0 amide bonds. The van der Waals surface area contributed by atoms with Crippen molar-refractivity contribution in [1.29, 1.82) is 0 Å². The van der Waals surface area contributed by atoms with Gasteiger partial charge in [-0.1, -0.05) is 42.5 Å². The molecule has 0 aliphatic carbocycles. The molecule has 0 N–H and O–H groups in total. The summed E-state index contributed by atoms with van der Waals surface area (Å²) in [5.74, 6) is 1.17. The molecule has 0 fully saturated rings. The maximum absolute atomic E-state index is 12.6. The number of halogens is 1. The SMILES string of the molecule is COc1ccc(Cn2ncc(OC(C)COCc3ccccc3)c(Br)c2=O)cc1. The third-order valence-corrected chi connectivity index (χ3v) is 4.97. The molecule has 6 nitrogen and oxygen atoms in total. The lowest BCUT2D eigenvalue weighted by molar-refractivity contribution is 0.0486. The van der Waals surface area contributed by atoms with Gasteiger partial charge in [0.1, 0.15) is 16.3 Å². The number of ether oxygens (including phenoxy) is 3. The van der Waals surface area contributed by atoms with E-state index in [1.165, 1.54) is 4.68 Å². The molecule has 7 heteroatoms. The fourth-order valence-corrected chi connectivity index (χ4v) is 3.12. The van der Waals surface area contributed by atoms with E-state index in [1.807, 2.05) is 61.5 Å². The largest absolute Gasteiger partial charge is 0.497 e. The number of hydrogen-bond donors (Lipinski definition) is 0. The van der Waals surface area contributed by atoms with Gasteiger partial charge in [0.05, 0.1) is 33.1 Å². The molecular weight excluding hydrogens is 436 g/mol. The Bertz CT molecular complexity index is 974. The molecule has 3 aromatic rings. The van der Waals surface area contributed by atoms with E-state index >= 15 is 0 Å². The summed E-state index contributed by atoms with van der Waals surface area (Å²) in [6, 6.07) is 17.4. The Morgan fingerprint density at radius 3 is 2.48 bits per heavy atom. The third-order valence-electron chi connectivity index (χ3n) is 4.24. The van der Waals surface area contributed by atoms with E-state index in [4.69, 9.17) is 14.2 Å². The first-order valence-corrected chi connectivity index (χ1v) is 10.0. The molecule has 0 aliphatic heterocycles. The van der Waals surface area contributed by atoms with Crippen molar-refractivity contribution in [3.05, 3.63) is 86.7 Å². The first kappa shape index (κ1) is 21.1. The molecule has 1 heterocycles. The molecule has 1 unspecified atom stereocenters. The molecule has 0 aliphatic rings. The van der Waals surface area contributed by atoms with E-state index in [1.54, 1.807) is 13.3 Å². The van der Waals surface area contributed by atoms with Crippen LogP contribution in [0.15, 0.2) is 70.1 Å². The molecule has 2 aromatic carbocycles. The number of rotatable bonds is 9. The highest BCUT2D eigenvalue weighted by Crippen LogP contribution is 2.21. The Hall–Kier alpha value is -2.64. The molecule has 152 valence electrons. The van der Waals surface area contributed by atoms with E-state index < -0.39 is 0 Å². The molecule has 0 bridgehead atoms. The zero-order chi connectivity index (χ0) is 20.6. The van der Waals surface area contributed by atoms with Crippen LogP contribution < -0.4 is 15.0 Å². The Morgan fingerprint density at radius 1 is 1.07 bits per heavy atom. The Kier molecular flexibility index (Phi) is 7.43. The molecule has 29 heavy (non-hydrogen) atoms. The van der Waals surface area contributed by atoms with Gasteiger partial charge in [-0.3, -0.25) is 4.79 Å². The molecule has 1 atom stereocenters. The van der Waals surface area contributed by atoms with E-state index in [2.05, 4.69) is 21.0 Å². The predicted molar refractivity (Wildman–Crippen MR) is 114 cm³/mol. The van der Waals surface area contributed by atoms with E-state index in [-0.39, 0.29) is 11.7 Å². The maximum Gasteiger partial charge on any atom is 0.285 e. The quantitative estimate of drug-likeness (QED) is 0.483. The lowest BCUT2D eigenvalue weighted by Crippen LogP contribution is -2.26. The maximum atomic E-state index is 12.6. The predicted octanol–water partition coefficient (Wildman–Crippen LogP) is 4.05. The average molecular weight is 459 g/mol. The number of methoxy groups -OCH3 is 1. The van der Waals surface area contributed by atoms with Crippen molar-refractivity contribution >= 4 is 15.9 Å². The molecular formula is C22H23BrN2O4. The zero-order valence-electron chi connectivity index (χ0n) is 16.4. The first-order valence-electron chi connectivity index (χ1n) is 9.23. The standard InChI is InChI=1S/C22H23BrN2O4/c1-16(14-28-15-18-6-4-3-5-7-18)29-20-12-24-25(22(26)21(20)23)13-17-8-10-19(27-2)11-9-17/h3-12,16H,13-15H2,1-2H3. The van der Waals surface area contributed by atoms with Gasteiger partial charge in [0.15, 0.2) is 5.75 Å². The van der Waals surface area contributed by atoms with Crippen LogP contribution in [-0.2, 0) is 17.9 Å². The Morgan fingerprint density at radius 2 is 1.79 bits per heavy atom. The monoisotopic (exact) mass is 458 g/mol. The molecule has 3 rings (SSSR count). The van der Waals surface area contributed by atoms with Crippen LogP contribution >= 0.6 is 15.9 Å². The molecule has 0 saturated carbocycles. The summed E-state index contributed by atoms with van der Waals surface area (Å²) >= 11 is 3.34. The number of nitrogens with zero attached hydrogens (tertiary/aromatic N) is 2. The first-order chi connectivity index (χ1) is 14.1. The summed E-state index contributed by atoms with van der Waals surface area (Å²) < 4.78 is 18.4. The normalized spacial score (nSPS) is 11.8. The van der Waals surface area contributed by atoms with Gasteiger partial charge in [0.25, 0.3) is 5.56 Å². The van der Waals surface area contributed by atoms with Crippen LogP contribution in [0.25, 0.3) is 0 Å². The minimum absolute atomic E-state index is 0.228. The summed E-state index contributed by atoms with van der Waals surface area (Å²) in [6.45, 7) is 3.16. The average Bonchev–Trinajstić information content (AvgIpc) is 2.75. The number of hydrogen-bond acceptors (Lipinski definition) is 5. The lowest BCUT2D eigenvalue weighted by Gasteiger charge is -2.16. The summed E-state index contributed by atoms with van der Waals surface area (Å²) in [7, 11) is 1.62. The second-order valence-electron chi connectivity index (χ2n) is 6.56. The fourth-order valence-electron chi connectivity index (χ4n) is 2.72. The number of benzene rings is 2. The van der Waals surface area contributed by atoms with Crippen molar-refractivity contribution in [1.82, 2.24) is 9.78 Å². The van der Waals surface area contributed by atoms with Crippen LogP contribution in [0.5, 0.6) is 11.5 Å². The van der Waals surface area contributed by atoms with Crippen LogP contribution in [0.3, 0.4) is 0 Å². The van der Waals surface area contributed by atoms with E-state index in [0.717, 1.165) is 16.9 Å². The fraction of sp³-hybridized carbons (Fsp3) is 0.273. The summed E-state index contributed by atoms with van der Waals surface area (Å²) in [6.07, 6.45) is 1.32. The minimum atomic E-state index is -0.254. The highest BCUT2D eigenvalue weighted by molar-refractivity contribution is 9.10. The smallest absolute Gasteiger partial charge is 0.285 e. The van der Waals surface area contributed by atoms with Gasteiger partial charge < -0.3 is 14.2 Å². The molecule has 0 radical (unpaired) electrons. The van der Waals surface area contributed by atoms with E-state index in [9.17, 15) is 4.79 Å². The van der Waals surface area contributed by atoms with Crippen molar-refractivity contribution in [2.24, 2.45) is 0 Å². The molecule has 1 aromatic heterocycles. The van der Waals surface area contributed by atoms with Crippen molar-refractivity contribution in [2.75, 3.05) is 13.7 Å². The molecule has 0 saturated heterocycles. The van der Waals surface area contributed by atoms with Crippen LogP contribution in [-0.4, -0.2) is 29.6 Å². The third kappa shape index (κ3) is 5.92. The van der Waals surface area contributed by atoms with Crippen LogP contribution in [0, 0.1) is 0 Å².